The maximum Gasteiger partial charge on any atom is 0.262 e. The van der Waals surface area contributed by atoms with Crippen molar-refractivity contribution in [3.05, 3.63) is 53.6 Å². The van der Waals surface area contributed by atoms with Crippen LogP contribution in [0.3, 0.4) is 0 Å². The molecular weight excluding hydrogens is 374 g/mol. The van der Waals surface area contributed by atoms with Crippen molar-refractivity contribution in [2.45, 2.75) is 30.2 Å². The summed E-state index contributed by atoms with van der Waals surface area (Å²) < 4.78 is 27.7. The molecule has 1 unspecified atom stereocenters. The first-order valence-corrected chi connectivity index (χ1v) is 10.2. The minimum Gasteiger partial charge on any atom is -0.325 e. The lowest BCUT2D eigenvalue weighted by atomic mass is 10.0. The largest absolute Gasteiger partial charge is 0.325 e. The summed E-state index contributed by atoms with van der Waals surface area (Å²) in [6.07, 6.45) is 2.84. The van der Waals surface area contributed by atoms with E-state index in [2.05, 4.69) is 15.4 Å². The molecule has 1 atom stereocenters. The van der Waals surface area contributed by atoms with Gasteiger partial charge >= 0.3 is 0 Å². The molecule has 0 spiro atoms. The average Bonchev–Trinajstić information content (AvgIpc) is 2.64. The molecule has 0 saturated carbocycles. The lowest BCUT2D eigenvalue weighted by Crippen LogP contribution is -2.43. The van der Waals surface area contributed by atoms with E-state index in [1.54, 1.807) is 36.4 Å². The quantitative estimate of drug-likeness (QED) is 0.727. The van der Waals surface area contributed by atoms with E-state index < -0.39 is 10.0 Å². The Bertz CT molecular complexity index is 896. The van der Waals surface area contributed by atoms with Gasteiger partial charge < -0.3 is 10.6 Å². The Morgan fingerprint density at radius 3 is 2.65 bits per heavy atom. The number of rotatable bonds is 5. The first-order chi connectivity index (χ1) is 12.5. The monoisotopic (exact) mass is 393 g/mol. The van der Waals surface area contributed by atoms with E-state index in [4.69, 9.17) is 11.6 Å². The van der Waals surface area contributed by atoms with Crippen molar-refractivity contribution in [1.82, 2.24) is 5.32 Å². The van der Waals surface area contributed by atoms with E-state index in [0.29, 0.717) is 16.4 Å². The third kappa shape index (κ3) is 4.55. The normalized spacial score (nSPS) is 17.5. The third-order valence-electron chi connectivity index (χ3n) is 4.16. The SMILES string of the molecule is O=C(Nc1cccc(S(=O)(=O)Nc2ccccc2Cl)c1)C1CCCCN1. The van der Waals surface area contributed by atoms with Gasteiger partial charge in [-0.2, -0.15) is 0 Å². The van der Waals surface area contributed by atoms with Crippen LogP contribution in [-0.2, 0) is 14.8 Å². The maximum absolute atomic E-state index is 12.6. The van der Waals surface area contributed by atoms with Crippen molar-refractivity contribution < 1.29 is 13.2 Å². The number of halogens is 1. The Morgan fingerprint density at radius 1 is 1.12 bits per heavy atom. The molecule has 26 heavy (non-hydrogen) atoms. The zero-order valence-electron chi connectivity index (χ0n) is 14.0. The molecule has 2 aromatic carbocycles. The molecule has 2 aromatic rings. The van der Waals surface area contributed by atoms with Gasteiger partial charge in [0, 0.05) is 5.69 Å². The first kappa shape index (κ1) is 18.7. The second-order valence-corrected chi connectivity index (χ2v) is 8.19. The summed E-state index contributed by atoms with van der Waals surface area (Å²) in [5.74, 6) is -0.154. The summed E-state index contributed by atoms with van der Waals surface area (Å²) in [5, 5.41) is 6.25. The molecule has 0 aliphatic carbocycles. The van der Waals surface area contributed by atoms with Crippen LogP contribution < -0.4 is 15.4 Å². The maximum atomic E-state index is 12.6. The fourth-order valence-corrected chi connectivity index (χ4v) is 4.16. The van der Waals surface area contributed by atoms with E-state index >= 15 is 0 Å². The van der Waals surface area contributed by atoms with E-state index in [9.17, 15) is 13.2 Å². The summed E-state index contributed by atoms with van der Waals surface area (Å²) in [6, 6.07) is 12.5. The minimum atomic E-state index is -3.82. The molecule has 1 heterocycles. The summed E-state index contributed by atoms with van der Waals surface area (Å²) in [7, 11) is -3.82. The van der Waals surface area contributed by atoms with Crippen LogP contribution in [0, 0.1) is 0 Å². The van der Waals surface area contributed by atoms with Crippen LogP contribution >= 0.6 is 11.6 Å². The van der Waals surface area contributed by atoms with Crippen LogP contribution in [-0.4, -0.2) is 26.9 Å². The van der Waals surface area contributed by atoms with Crippen molar-refractivity contribution >= 4 is 38.9 Å². The Balaban J connectivity index is 1.75. The van der Waals surface area contributed by atoms with Gasteiger partial charge in [0.15, 0.2) is 0 Å². The molecule has 1 aliphatic rings. The van der Waals surface area contributed by atoms with Gasteiger partial charge in [-0.1, -0.05) is 36.2 Å². The molecule has 0 aromatic heterocycles. The smallest absolute Gasteiger partial charge is 0.262 e. The molecule has 1 fully saturated rings. The molecule has 0 radical (unpaired) electrons. The van der Waals surface area contributed by atoms with Crippen LogP contribution in [0.4, 0.5) is 11.4 Å². The van der Waals surface area contributed by atoms with Crippen molar-refractivity contribution in [1.29, 1.82) is 0 Å². The van der Waals surface area contributed by atoms with Gasteiger partial charge in [-0.3, -0.25) is 9.52 Å². The lowest BCUT2D eigenvalue weighted by molar-refractivity contribution is -0.118. The van der Waals surface area contributed by atoms with E-state index in [1.165, 1.54) is 12.1 Å². The Labute approximate surface area is 158 Å². The number of hydrogen-bond donors (Lipinski definition) is 3. The van der Waals surface area contributed by atoms with Crippen LogP contribution in [0.2, 0.25) is 5.02 Å². The number of anilines is 2. The number of piperidine rings is 1. The summed E-state index contributed by atoms with van der Waals surface area (Å²) >= 11 is 6.01. The summed E-state index contributed by atoms with van der Waals surface area (Å²) in [6.45, 7) is 0.814. The number of carbonyl (C=O) groups is 1. The van der Waals surface area contributed by atoms with Crippen molar-refractivity contribution in [2.24, 2.45) is 0 Å². The van der Waals surface area contributed by atoms with Gasteiger partial charge in [-0.05, 0) is 49.7 Å². The summed E-state index contributed by atoms with van der Waals surface area (Å²) in [5.41, 5.74) is 0.736. The van der Waals surface area contributed by atoms with Crippen LogP contribution in [0.15, 0.2) is 53.4 Å². The second-order valence-electron chi connectivity index (χ2n) is 6.10. The van der Waals surface area contributed by atoms with Crippen LogP contribution in [0.25, 0.3) is 0 Å². The van der Waals surface area contributed by atoms with Crippen LogP contribution in [0.1, 0.15) is 19.3 Å². The predicted molar refractivity (Wildman–Crippen MR) is 103 cm³/mol. The molecule has 1 saturated heterocycles. The average molecular weight is 394 g/mol. The van der Waals surface area contributed by atoms with Crippen molar-refractivity contribution in [2.75, 3.05) is 16.6 Å². The highest BCUT2D eigenvalue weighted by molar-refractivity contribution is 7.92. The number of benzene rings is 2. The van der Waals surface area contributed by atoms with Crippen molar-refractivity contribution in [3.8, 4) is 0 Å². The number of nitrogens with one attached hydrogen (secondary N) is 3. The first-order valence-electron chi connectivity index (χ1n) is 8.37. The molecule has 8 heteroatoms. The van der Waals surface area contributed by atoms with Gasteiger partial charge in [0.25, 0.3) is 10.0 Å². The summed E-state index contributed by atoms with van der Waals surface area (Å²) in [4.78, 5) is 12.4. The van der Waals surface area contributed by atoms with E-state index in [-0.39, 0.29) is 16.8 Å². The molecule has 1 aliphatic heterocycles. The highest BCUT2D eigenvalue weighted by Crippen LogP contribution is 2.25. The van der Waals surface area contributed by atoms with Crippen LogP contribution in [0.5, 0.6) is 0 Å². The molecule has 3 N–H and O–H groups in total. The van der Waals surface area contributed by atoms with Gasteiger partial charge in [0.05, 0.1) is 21.6 Å². The number of amides is 1. The number of hydrogen-bond acceptors (Lipinski definition) is 4. The number of sulfonamides is 1. The number of para-hydroxylation sites is 1. The standard InChI is InChI=1S/C18H20ClN3O3S/c19-15-8-1-2-9-16(15)22-26(24,25)14-7-5-6-13(12-14)21-18(23)17-10-3-4-11-20-17/h1-2,5-9,12,17,20,22H,3-4,10-11H2,(H,21,23). The van der Waals surface area contributed by atoms with Gasteiger partial charge in [-0.15, -0.1) is 0 Å². The molecule has 1 amide bonds. The van der Waals surface area contributed by atoms with Gasteiger partial charge in [0.2, 0.25) is 5.91 Å². The third-order valence-corrected chi connectivity index (χ3v) is 5.85. The van der Waals surface area contributed by atoms with Gasteiger partial charge in [-0.25, -0.2) is 8.42 Å². The van der Waals surface area contributed by atoms with E-state index in [1.807, 2.05) is 0 Å². The minimum absolute atomic E-state index is 0.0480. The Hall–Kier alpha value is -2.09. The zero-order chi connectivity index (χ0) is 18.6. The van der Waals surface area contributed by atoms with Crippen molar-refractivity contribution in [3.63, 3.8) is 0 Å². The molecule has 0 bridgehead atoms. The molecular formula is C18H20ClN3O3S. The fourth-order valence-electron chi connectivity index (χ4n) is 2.79. The lowest BCUT2D eigenvalue weighted by Gasteiger charge is -2.22. The Morgan fingerprint density at radius 2 is 1.92 bits per heavy atom. The fraction of sp³-hybridized carbons (Fsp3) is 0.278. The predicted octanol–water partition coefficient (Wildman–Crippen LogP) is 3.22. The molecule has 6 nitrogen and oxygen atoms in total. The highest BCUT2D eigenvalue weighted by Gasteiger charge is 2.21. The Kier molecular flexibility index (Phi) is 5.80. The topological polar surface area (TPSA) is 87.3 Å². The highest BCUT2D eigenvalue weighted by atomic mass is 35.5. The van der Waals surface area contributed by atoms with Gasteiger partial charge in [0.1, 0.15) is 0 Å². The van der Waals surface area contributed by atoms with E-state index in [0.717, 1.165) is 25.8 Å². The zero-order valence-corrected chi connectivity index (χ0v) is 15.6. The molecule has 3 rings (SSSR count). The number of carbonyl (C=O) groups excluding carboxylic acids is 1. The second kappa shape index (κ2) is 8.07. The molecule has 138 valence electrons.